The summed E-state index contributed by atoms with van der Waals surface area (Å²) >= 11 is 0. The monoisotopic (exact) mass is 1840 g/mol. The Morgan fingerprint density at radius 1 is 0.250 bits per heavy atom. The van der Waals surface area contributed by atoms with Crippen LogP contribution in [0.15, 0.2) is 93.5 Å². The molecule has 2 aliphatic heterocycles. The summed E-state index contributed by atoms with van der Waals surface area (Å²) in [6.07, 6.45) is 73.4. The predicted molar refractivity (Wildman–Crippen MR) is 536 cm³/mol. The van der Waals surface area contributed by atoms with Gasteiger partial charge in [-0.25, -0.2) is 69.3 Å². The average molecular weight is 1840 g/mol. The third-order valence-electron chi connectivity index (χ3n) is 26.2. The van der Waals surface area contributed by atoms with Crippen molar-refractivity contribution in [2.75, 3.05) is 26.2 Å². The van der Waals surface area contributed by atoms with Crippen molar-refractivity contribution in [2.45, 2.75) is 453 Å². The van der Waals surface area contributed by atoms with Crippen molar-refractivity contribution < 1.29 is 33.7 Å². The maximum Gasteiger partial charge on any atom is 0.308 e. The number of H-pyrrole nitrogens is 1. The number of unbranched alkanes of at least 4 members (excludes halogenated alkanes) is 60. The van der Waals surface area contributed by atoms with Crippen molar-refractivity contribution in [3.8, 4) is 45.6 Å². The van der Waals surface area contributed by atoms with Crippen LogP contribution >= 0.6 is 0 Å². The van der Waals surface area contributed by atoms with Gasteiger partial charge in [-0.2, -0.15) is 17.1 Å². The van der Waals surface area contributed by atoms with Crippen LogP contribution in [0.5, 0.6) is 0 Å². The van der Waals surface area contributed by atoms with Gasteiger partial charge in [0.25, 0.3) is 0 Å². The maximum atomic E-state index is 16.3. The first-order valence-electron chi connectivity index (χ1n) is 51.9. The van der Waals surface area contributed by atoms with Gasteiger partial charge in [0.15, 0.2) is 34.6 Å². The Hall–Kier alpha value is -6.12. The summed E-state index contributed by atoms with van der Waals surface area (Å²) in [7, 11) is -19.6. The van der Waals surface area contributed by atoms with Crippen LogP contribution in [0.1, 0.15) is 439 Å². The molecule has 0 radical (unpaired) electrons. The molecule has 0 amide bonds. The molecule has 3 aromatic heterocycles. The van der Waals surface area contributed by atoms with E-state index in [4.69, 9.17) is 29.9 Å². The van der Waals surface area contributed by atoms with Crippen LogP contribution in [0.2, 0.25) is 0 Å². The van der Waals surface area contributed by atoms with Crippen LogP contribution in [0.25, 0.3) is 89.7 Å². The lowest BCUT2D eigenvalue weighted by atomic mass is 10.0. The summed E-state index contributed by atoms with van der Waals surface area (Å²) in [5.41, 5.74) is 1.63. The second-order valence-corrected chi connectivity index (χ2v) is 43.8. The Morgan fingerprint density at radius 3 is 0.773 bits per heavy atom. The highest BCUT2D eigenvalue weighted by molar-refractivity contribution is 7.94. The molecule has 9 rings (SSSR count). The molecule has 5 N–H and O–H groups in total. The fraction of sp³-hybridized carbons (Fsp3) is 0.692. The largest absolute Gasteiger partial charge is 0.324 e. The van der Waals surface area contributed by atoms with E-state index in [9.17, 15) is 0 Å². The van der Waals surface area contributed by atoms with Crippen LogP contribution in [-0.4, -0.2) is 98.7 Å². The molecule has 0 aliphatic carbocycles. The van der Waals surface area contributed by atoms with Crippen molar-refractivity contribution in [2.24, 2.45) is 0 Å². The minimum absolute atomic E-state index is 0.0111. The normalized spacial score (nSPS) is 12.5. The minimum atomic E-state index is -5.08. The Morgan fingerprint density at radius 2 is 0.484 bits per heavy atom. The number of aromatic amines is 1. The van der Waals surface area contributed by atoms with E-state index >= 15 is 33.7 Å². The molecule has 5 heterocycles. The number of hydrogen-bond acceptors (Lipinski definition) is 14. The van der Waals surface area contributed by atoms with Crippen LogP contribution < -0.4 is 18.9 Å². The van der Waals surface area contributed by atoms with E-state index in [1.165, 1.54) is 269 Å². The first kappa shape index (κ1) is 106. The molecule has 20 nitrogen and oxygen atoms in total. The third-order valence-corrected chi connectivity index (χ3v) is 32.4. The number of nitrogens with zero attached hydrogens (tertiary/aromatic N) is 7. The number of sulfonamides is 3. The summed E-state index contributed by atoms with van der Waals surface area (Å²) < 4.78 is 140. The molecule has 0 saturated heterocycles. The van der Waals surface area contributed by atoms with Gasteiger partial charge < -0.3 is 4.98 Å². The number of benzene rings is 4. The number of aromatic nitrogens is 8. The van der Waals surface area contributed by atoms with E-state index < -0.39 is 55.0 Å². The van der Waals surface area contributed by atoms with Crippen LogP contribution in [0.3, 0.4) is 0 Å². The van der Waals surface area contributed by atoms with Gasteiger partial charge in [0.05, 0.1) is 0 Å². The van der Waals surface area contributed by atoms with Crippen molar-refractivity contribution in [3.05, 3.63) is 78.9 Å². The van der Waals surface area contributed by atoms with E-state index in [2.05, 4.69) is 51.6 Å². The smallest absolute Gasteiger partial charge is 0.308 e. The number of nitrogens with one attached hydrogen (secondary N) is 5. The molecule has 2 aliphatic rings. The highest BCUT2D eigenvalue weighted by Gasteiger charge is 2.39. The van der Waals surface area contributed by atoms with E-state index in [1.54, 1.807) is 36.4 Å². The standard InChI is InChI=1S/C104H166N12O8S4/c1-5-9-13-17-21-25-29-33-37-41-45-49-53-57-61-71-81-105-125(117,118)93-85-92-94(96(127(121,122)107-83-73-63-59-55-51-47-43-39-35-31-27-23-19-15-11-7-3)95(93)126(119,120)106-82-72-62-58-54-50-46-42-38-34-30-26-22-18-14-10-6-2)102-112-98-87-76-66-68-78-89(87)100(110-98)115-104-91-80-70-69-79-90(91)103(114-99-88-77-67-65-75-86(88)97(109-99)111-101(92)113-102)116(104)128(123,124)108-84-74-64-60-56-52-48-44-40-36-32-28-24-20-16-12-8-4/h65-70,75-80,85,105-108H,5-64,71-74,81-84H2,1-4H3,(H,109,110,111,112,113,114,115). The molecule has 714 valence electrons. The van der Waals surface area contributed by atoms with Gasteiger partial charge in [-0.3, -0.25) is 0 Å². The lowest BCUT2D eigenvalue weighted by Crippen LogP contribution is -2.34. The summed E-state index contributed by atoms with van der Waals surface area (Å²) in [6.45, 7) is 8.99. The van der Waals surface area contributed by atoms with Gasteiger partial charge in [-0.1, -0.05) is 486 Å². The minimum Gasteiger partial charge on any atom is -0.324 e. The van der Waals surface area contributed by atoms with Gasteiger partial charge >= 0.3 is 10.2 Å². The molecule has 128 heavy (non-hydrogen) atoms. The molecule has 0 atom stereocenters. The fourth-order valence-corrected chi connectivity index (χ4v) is 25.0. The van der Waals surface area contributed by atoms with E-state index in [0.717, 1.165) is 113 Å². The number of fused-ring (bicyclic) bond motifs is 20. The summed E-state index contributed by atoms with van der Waals surface area (Å²) in [5, 5.41) is 0.601. The van der Waals surface area contributed by atoms with Gasteiger partial charge in [-0.15, -0.1) is 0 Å². The van der Waals surface area contributed by atoms with Crippen molar-refractivity contribution in [1.82, 2.24) is 57.7 Å². The molecular weight excluding hydrogens is 1670 g/mol. The molecule has 4 aromatic carbocycles. The zero-order valence-corrected chi connectivity index (χ0v) is 82.9. The summed E-state index contributed by atoms with van der Waals surface area (Å²) in [5.74, 6) is 0.257. The number of hydrogen-bond donors (Lipinski definition) is 5. The quantitative estimate of drug-likeness (QED) is 0.0222. The summed E-state index contributed by atoms with van der Waals surface area (Å²) in [4.78, 5) is 32.0. The molecule has 8 bridgehead atoms. The second-order valence-electron chi connectivity index (χ2n) is 37.1. The molecule has 0 unspecified atom stereocenters. The first-order chi connectivity index (χ1) is 62.5. The van der Waals surface area contributed by atoms with Gasteiger partial charge in [0.2, 0.25) is 30.1 Å². The average Bonchev–Trinajstić information content (AvgIpc) is 1.51. The van der Waals surface area contributed by atoms with Crippen LogP contribution in [0.4, 0.5) is 0 Å². The Kier molecular flexibility index (Phi) is 49.6. The van der Waals surface area contributed by atoms with Gasteiger partial charge in [0, 0.05) is 70.0 Å². The Labute approximate surface area is 774 Å². The van der Waals surface area contributed by atoms with Crippen molar-refractivity contribution in [1.29, 1.82) is 0 Å². The van der Waals surface area contributed by atoms with Crippen LogP contribution in [0, 0.1) is 0 Å². The lowest BCUT2D eigenvalue weighted by Gasteiger charge is -2.19. The molecule has 0 spiro atoms. The first-order valence-corrected chi connectivity index (χ1v) is 57.8. The predicted octanol–water partition coefficient (Wildman–Crippen LogP) is 28.9. The highest BCUT2D eigenvalue weighted by atomic mass is 32.2. The van der Waals surface area contributed by atoms with E-state index in [-0.39, 0.29) is 82.8 Å². The topological polar surface area (TPSA) is 283 Å². The summed E-state index contributed by atoms with van der Waals surface area (Å²) in [6, 6.07) is 22.9. The zero-order chi connectivity index (χ0) is 90.6. The molecule has 0 fully saturated rings. The zero-order valence-electron chi connectivity index (χ0n) is 79.6. The number of rotatable bonds is 76. The fourth-order valence-electron chi connectivity index (χ4n) is 18.5. The van der Waals surface area contributed by atoms with Crippen LogP contribution in [-0.2, 0) is 40.3 Å². The van der Waals surface area contributed by atoms with Crippen molar-refractivity contribution >= 4 is 84.4 Å². The van der Waals surface area contributed by atoms with E-state index in [1.807, 2.05) is 36.4 Å². The molecule has 7 aromatic rings. The third kappa shape index (κ3) is 35.4. The highest BCUT2D eigenvalue weighted by Crippen LogP contribution is 2.43. The molecule has 24 heteroatoms. The Bertz CT molecular complexity index is 5020. The molecule has 0 saturated carbocycles. The Balaban J connectivity index is 1.08. The van der Waals surface area contributed by atoms with Crippen molar-refractivity contribution in [3.63, 3.8) is 0 Å². The molecular formula is C104H166N12O8S4. The van der Waals surface area contributed by atoms with Gasteiger partial charge in [-0.05, 0) is 31.7 Å². The SMILES string of the molecule is CCCCCCCCCCCCCCCCCCNS(=O)(=O)c1cc2c3nc4nc(nc5c6ccccc6c(nc6nc(nc([nH]3)c2c(S(=O)(=O)NCCCCCCCCCCCCCCCCCC)c1S(=O)(=O)NCCCCCCCCCCCCCCCCCC)-c1ccccc1-6)n5S(=O)(=O)NCCCCCCCCCCCCCCCCCC)-c1ccccc1-4. The second kappa shape index (κ2) is 60.2. The lowest BCUT2D eigenvalue weighted by molar-refractivity contribution is 0.526. The van der Waals surface area contributed by atoms with Gasteiger partial charge in [0.1, 0.15) is 26.0 Å². The maximum absolute atomic E-state index is 16.3. The van der Waals surface area contributed by atoms with E-state index in [0.29, 0.717) is 71.6 Å².